The second-order valence-electron chi connectivity index (χ2n) is 10.8. The average Bonchev–Trinajstić information content (AvgIpc) is 3.14. The number of likely N-dealkylation sites (tertiary alicyclic amines) is 1. The molecule has 3 unspecified atom stereocenters. The lowest BCUT2D eigenvalue weighted by molar-refractivity contribution is -0.133. The quantitative estimate of drug-likeness (QED) is 0.543. The van der Waals surface area contributed by atoms with E-state index >= 15 is 0 Å². The van der Waals surface area contributed by atoms with Crippen molar-refractivity contribution in [3.8, 4) is 0 Å². The maximum absolute atomic E-state index is 13.1. The number of carbonyl (C=O) groups is 2. The van der Waals surface area contributed by atoms with Gasteiger partial charge in [0.15, 0.2) is 0 Å². The van der Waals surface area contributed by atoms with E-state index in [4.69, 9.17) is 0 Å². The van der Waals surface area contributed by atoms with Gasteiger partial charge in [-0.15, -0.1) is 11.8 Å². The minimum absolute atomic E-state index is 0.00845. The molecule has 0 bridgehead atoms. The fourth-order valence-corrected chi connectivity index (χ4v) is 7.62. The van der Waals surface area contributed by atoms with Gasteiger partial charge in [-0.25, -0.2) is 0 Å². The van der Waals surface area contributed by atoms with E-state index in [-0.39, 0.29) is 17.3 Å². The molecular weight excluding hydrogens is 442 g/mol. The van der Waals surface area contributed by atoms with Crippen molar-refractivity contribution in [1.29, 1.82) is 0 Å². The fourth-order valence-electron chi connectivity index (χ4n) is 6.13. The van der Waals surface area contributed by atoms with E-state index in [0.717, 1.165) is 38.3 Å². The van der Waals surface area contributed by atoms with Crippen LogP contribution < -0.4 is 10.6 Å². The van der Waals surface area contributed by atoms with Gasteiger partial charge in [0.1, 0.15) is 5.50 Å². The Bertz CT molecular complexity index is 835. The van der Waals surface area contributed by atoms with Crippen molar-refractivity contribution < 1.29 is 9.59 Å². The summed E-state index contributed by atoms with van der Waals surface area (Å²) in [4.78, 5) is 27.9. The Morgan fingerprint density at radius 3 is 2.56 bits per heavy atom. The highest BCUT2D eigenvalue weighted by molar-refractivity contribution is 8.02. The number of rotatable bonds is 8. The Morgan fingerprint density at radius 2 is 1.85 bits per heavy atom. The summed E-state index contributed by atoms with van der Waals surface area (Å²) in [5, 5.41) is 7.07. The van der Waals surface area contributed by atoms with Crippen LogP contribution in [0.1, 0.15) is 82.8 Å². The van der Waals surface area contributed by atoms with E-state index in [1.807, 2.05) is 4.90 Å². The first-order valence-corrected chi connectivity index (χ1v) is 14.3. The van der Waals surface area contributed by atoms with Crippen LogP contribution in [0.2, 0.25) is 0 Å². The minimum Gasteiger partial charge on any atom is -0.343 e. The van der Waals surface area contributed by atoms with Crippen LogP contribution in [-0.4, -0.2) is 46.1 Å². The molecule has 3 aliphatic rings. The lowest BCUT2D eigenvalue weighted by atomic mass is 9.82. The van der Waals surface area contributed by atoms with Crippen LogP contribution in [0.3, 0.4) is 0 Å². The van der Waals surface area contributed by atoms with Crippen LogP contribution in [0, 0.1) is 18.8 Å². The Morgan fingerprint density at radius 1 is 1.15 bits per heavy atom. The van der Waals surface area contributed by atoms with Gasteiger partial charge in [0.25, 0.3) is 0 Å². The van der Waals surface area contributed by atoms with Crippen LogP contribution in [0.5, 0.6) is 0 Å². The van der Waals surface area contributed by atoms with Crippen molar-refractivity contribution >= 4 is 23.6 Å². The molecule has 4 atom stereocenters. The van der Waals surface area contributed by atoms with Crippen molar-refractivity contribution in [1.82, 2.24) is 15.5 Å². The molecule has 34 heavy (non-hydrogen) atoms. The predicted molar refractivity (Wildman–Crippen MR) is 141 cm³/mol. The second kappa shape index (κ2) is 11.5. The van der Waals surface area contributed by atoms with Gasteiger partial charge in [-0.1, -0.05) is 56.0 Å². The molecule has 0 radical (unpaired) electrons. The third kappa shape index (κ3) is 5.99. The number of carbonyl (C=O) groups excluding carboxylic acids is 2. The molecule has 0 aromatic heterocycles. The number of thioether (sulfide) groups is 1. The van der Waals surface area contributed by atoms with E-state index in [2.05, 4.69) is 55.7 Å². The second-order valence-corrected chi connectivity index (χ2v) is 12.4. The normalized spacial score (nSPS) is 30.4. The first kappa shape index (κ1) is 25.6. The lowest BCUT2D eigenvalue weighted by Crippen LogP contribution is -2.49. The molecule has 2 heterocycles. The fraction of sp³-hybridized carbons (Fsp3) is 0.714. The number of hydrogen-bond donors (Lipinski definition) is 2. The zero-order valence-corrected chi connectivity index (χ0v) is 22.1. The summed E-state index contributed by atoms with van der Waals surface area (Å²) >= 11 is 1.78. The molecule has 1 aromatic rings. The van der Waals surface area contributed by atoms with Crippen molar-refractivity contribution in [2.75, 3.05) is 13.1 Å². The van der Waals surface area contributed by atoms with Gasteiger partial charge in [-0.2, -0.15) is 0 Å². The number of hydrogen-bond acceptors (Lipinski definition) is 4. The molecule has 2 amide bonds. The molecule has 4 rings (SSSR count). The highest BCUT2D eigenvalue weighted by atomic mass is 32.2. The van der Waals surface area contributed by atoms with E-state index < -0.39 is 4.75 Å². The number of piperidine rings is 1. The number of nitrogens with zero attached hydrogens (tertiary/aromatic N) is 1. The molecular formula is C28H43N3O2S. The zero-order chi connectivity index (χ0) is 24.1. The largest absolute Gasteiger partial charge is 0.343 e. The Balaban J connectivity index is 1.26. The van der Waals surface area contributed by atoms with Crippen molar-refractivity contribution in [3.63, 3.8) is 0 Å². The smallest absolute Gasteiger partial charge is 0.238 e. The molecule has 5 nitrogen and oxygen atoms in total. The Hall–Kier alpha value is -1.53. The van der Waals surface area contributed by atoms with Gasteiger partial charge in [0, 0.05) is 25.6 Å². The predicted octanol–water partition coefficient (Wildman–Crippen LogP) is 5.02. The molecule has 1 aliphatic carbocycles. The number of benzene rings is 1. The number of aryl methyl sites for hydroxylation is 2. The average molecular weight is 486 g/mol. The SMILES string of the molecule is CCCC1CCCC[C@@H]1NC1NC(=O)C(C)(C2CCN(C(=O)CCc3ccc(C)cc3)CC2)S1. The minimum atomic E-state index is -0.413. The third-order valence-electron chi connectivity index (χ3n) is 8.38. The highest BCUT2D eigenvalue weighted by Gasteiger charge is 2.50. The highest BCUT2D eigenvalue weighted by Crippen LogP contribution is 2.44. The molecule has 1 aromatic carbocycles. The first-order chi connectivity index (χ1) is 16.4. The number of nitrogens with one attached hydrogen (secondary N) is 2. The Labute approximate surface area is 210 Å². The van der Waals surface area contributed by atoms with Crippen LogP contribution in [0.25, 0.3) is 0 Å². The van der Waals surface area contributed by atoms with Crippen molar-refractivity contribution in [3.05, 3.63) is 35.4 Å². The van der Waals surface area contributed by atoms with Gasteiger partial charge >= 0.3 is 0 Å². The Kier molecular flexibility index (Phi) is 8.62. The molecule has 6 heteroatoms. The lowest BCUT2D eigenvalue weighted by Gasteiger charge is -2.39. The molecule has 0 spiro atoms. The van der Waals surface area contributed by atoms with Gasteiger partial charge in [0.2, 0.25) is 11.8 Å². The molecule has 3 fully saturated rings. The summed E-state index contributed by atoms with van der Waals surface area (Å²) < 4.78 is -0.413. The summed E-state index contributed by atoms with van der Waals surface area (Å²) in [6.07, 6.45) is 10.8. The van der Waals surface area contributed by atoms with Crippen LogP contribution in [-0.2, 0) is 16.0 Å². The van der Waals surface area contributed by atoms with Gasteiger partial charge in [-0.05, 0) is 69.8 Å². The van der Waals surface area contributed by atoms with E-state index in [1.165, 1.54) is 49.7 Å². The van der Waals surface area contributed by atoms with Gasteiger partial charge in [-0.3, -0.25) is 14.9 Å². The van der Waals surface area contributed by atoms with Crippen molar-refractivity contribution in [2.45, 2.75) is 101 Å². The summed E-state index contributed by atoms with van der Waals surface area (Å²) in [5.41, 5.74) is 2.48. The van der Waals surface area contributed by atoms with Crippen LogP contribution >= 0.6 is 11.8 Å². The van der Waals surface area contributed by atoms with E-state index in [0.29, 0.717) is 18.4 Å². The van der Waals surface area contributed by atoms with E-state index in [9.17, 15) is 9.59 Å². The molecule has 188 valence electrons. The topological polar surface area (TPSA) is 61.4 Å². The monoisotopic (exact) mass is 485 g/mol. The van der Waals surface area contributed by atoms with Crippen molar-refractivity contribution in [2.24, 2.45) is 11.8 Å². The maximum atomic E-state index is 13.1. The summed E-state index contributed by atoms with van der Waals surface area (Å²) in [6.45, 7) is 8.01. The molecule has 2 aliphatic heterocycles. The molecule has 2 N–H and O–H groups in total. The first-order valence-electron chi connectivity index (χ1n) is 13.5. The standard InChI is InChI=1S/C28H43N3O2S/c1-4-7-22-8-5-6-9-24(22)29-27-30-26(33)28(3,34-27)23-16-18-31(19-17-23)25(32)15-14-21-12-10-20(2)11-13-21/h10-13,22-24,27,29H,4-9,14-19H2,1-3H3,(H,30,33)/t22?,24-,27?,28?/m0/s1. The van der Waals surface area contributed by atoms with Gasteiger partial charge < -0.3 is 10.2 Å². The van der Waals surface area contributed by atoms with Gasteiger partial charge in [0.05, 0.1) is 4.75 Å². The maximum Gasteiger partial charge on any atom is 0.238 e. The molecule has 2 saturated heterocycles. The zero-order valence-electron chi connectivity index (χ0n) is 21.3. The number of amides is 2. The summed E-state index contributed by atoms with van der Waals surface area (Å²) in [7, 11) is 0. The molecule has 1 saturated carbocycles. The summed E-state index contributed by atoms with van der Waals surface area (Å²) in [5.74, 6) is 1.45. The summed E-state index contributed by atoms with van der Waals surface area (Å²) in [6, 6.07) is 8.97. The van der Waals surface area contributed by atoms with E-state index in [1.54, 1.807) is 11.8 Å². The van der Waals surface area contributed by atoms with Crippen LogP contribution in [0.15, 0.2) is 24.3 Å². The third-order valence-corrected chi connectivity index (χ3v) is 9.88. The van der Waals surface area contributed by atoms with Crippen LogP contribution in [0.4, 0.5) is 0 Å².